The van der Waals surface area contributed by atoms with E-state index in [0.29, 0.717) is 24.7 Å². The molecule has 0 saturated carbocycles. The van der Waals surface area contributed by atoms with Gasteiger partial charge < -0.3 is 20.1 Å². The Kier molecular flexibility index (Phi) is 6.62. The van der Waals surface area contributed by atoms with Crippen molar-refractivity contribution in [2.24, 2.45) is 0 Å². The number of nitrogens with one attached hydrogen (secondary N) is 1. The SMILES string of the molecule is COCCN(C)CCNC(=O)c1ccc(Cl)cc1O. The Hall–Kier alpha value is -1.30. The highest BCUT2D eigenvalue weighted by atomic mass is 35.5. The number of carbonyl (C=O) groups is 1. The standard InChI is InChI=1S/C13H19ClN2O3/c1-16(7-8-19-2)6-5-15-13(18)11-4-3-10(14)9-12(11)17/h3-4,9,17H,5-8H2,1-2H3,(H,15,18). The topological polar surface area (TPSA) is 61.8 Å². The van der Waals surface area contributed by atoms with E-state index in [1.807, 2.05) is 11.9 Å². The van der Waals surface area contributed by atoms with E-state index < -0.39 is 0 Å². The molecular weight excluding hydrogens is 268 g/mol. The van der Waals surface area contributed by atoms with Gasteiger partial charge in [-0.3, -0.25) is 4.79 Å². The van der Waals surface area contributed by atoms with Crippen molar-refractivity contribution in [3.63, 3.8) is 0 Å². The molecule has 106 valence electrons. The molecule has 1 rings (SSSR count). The van der Waals surface area contributed by atoms with E-state index >= 15 is 0 Å². The highest BCUT2D eigenvalue weighted by Crippen LogP contribution is 2.21. The molecule has 0 aliphatic rings. The Morgan fingerprint density at radius 2 is 2.21 bits per heavy atom. The van der Waals surface area contributed by atoms with Crippen LogP contribution in [0.2, 0.25) is 5.02 Å². The van der Waals surface area contributed by atoms with Crippen molar-refractivity contribution in [2.45, 2.75) is 0 Å². The summed E-state index contributed by atoms with van der Waals surface area (Å²) < 4.78 is 4.96. The number of likely N-dealkylation sites (N-methyl/N-ethyl adjacent to an activating group) is 1. The van der Waals surface area contributed by atoms with Gasteiger partial charge in [0.1, 0.15) is 5.75 Å². The summed E-state index contributed by atoms with van der Waals surface area (Å²) in [7, 11) is 3.60. The summed E-state index contributed by atoms with van der Waals surface area (Å²) in [6.07, 6.45) is 0. The maximum Gasteiger partial charge on any atom is 0.255 e. The van der Waals surface area contributed by atoms with E-state index in [9.17, 15) is 9.90 Å². The lowest BCUT2D eigenvalue weighted by atomic mass is 10.2. The molecule has 1 aromatic carbocycles. The zero-order valence-electron chi connectivity index (χ0n) is 11.1. The number of nitrogens with zero attached hydrogens (tertiary/aromatic N) is 1. The van der Waals surface area contributed by atoms with Crippen molar-refractivity contribution in [1.82, 2.24) is 10.2 Å². The lowest BCUT2D eigenvalue weighted by Gasteiger charge is -2.16. The second-order valence-electron chi connectivity index (χ2n) is 4.21. The van der Waals surface area contributed by atoms with Gasteiger partial charge in [-0.25, -0.2) is 0 Å². The van der Waals surface area contributed by atoms with Crippen LogP contribution in [0.5, 0.6) is 5.75 Å². The quantitative estimate of drug-likeness (QED) is 0.794. The third-order valence-corrected chi connectivity index (χ3v) is 2.90. The van der Waals surface area contributed by atoms with Gasteiger partial charge in [-0.2, -0.15) is 0 Å². The fraction of sp³-hybridized carbons (Fsp3) is 0.462. The highest BCUT2D eigenvalue weighted by molar-refractivity contribution is 6.30. The number of halogens is 1. The van der Waals surface area contributed by atoms with Crippen LogP contribution < -0.4 is 5.32 Å². The van der Waals surface area contributed by atoms with E-state index in [-0.39, 0.29) is 17.2 Å². The Bertz CT molecular complexity index is 426. The molecule has 2 N–H and O–H groups in total. The molecule has 0 radical (unpaired) electrons. The van der Waals surface area contributed by atoms with Gasteiger partial charge in [0.2, 0.25) is 0 Å². The molecular formula is C13H19ClN2O3. The average molecular weight is 287 g/mol. The minimum Gasteiger partial charge on any atom is -0.507 e. The molecule has 0 aliphatic carbocycles. The van der Waals surface area contributed by atoms with Gasteiger partial charge in [0, 0.05) is 31.8 Å². The van der Waals surface area contributed by atoms with Crippen LogP contribution in [0.15, 0.2) is 18.2 Å². The van der Waals surface area contributed by atoms with Crippen LogP contribution in [0.1, 0.15) is 10.4 Å². The van der Waals surface area contributed by atoms with Crippen molar-refractivity contribution >= 4 is 17.5 Å². The van der Waals surface area contributed by atoms with Crippen LogP contribution in [0.25, 0.3) is 0 Å². The molecule has 0 saturated heterocycles. The summed E-state index contributed by atoms with van der Waals surface area (Å²) >= 11 is 5.71. The van der Waals surface area contributed by atoms with Crippen LogP contribution >= 0.6 is 11.6 Å². The fourth-order valence-electron chi connectivity index (χ4n) is 1.51. The minimum atomic E-state index is -0.311. The molecule has 5 nitrogen and oxygen atoms in total. The van der Waals surface area contributed by atoms with E-state index in [1.54, 1.807) is 13.2 Å². The predicted molar refractivity (Wildman–Crippen MR) is 74.8 cm³/mol. The number of aromatic hydroxyl groups is 1. The number of methoxy groups -OCH3 is 1. The Morgan fingerprint density at radius 3 is 2.84 bits per heavy atom. The normalized spacial score (nSPS) is 10.7. The Morgan fingerprint density at radius 1 is 1.47 bits per heavy atom. The zero-order valence-corrected chi connectivity index (χ0v) is 11.9. The molecule has 1 amide bonds. The predicted octanol–water partition coefficient (Wildman–Crippen LogP) is 1.35. The van der Waals surface area contributed by atoms with Crippen LogP contribution in [0.3, 0.4) is 0 Å². The molecule has 19 heavy (non-hydrogen) atoms. The first-order valence-electron chi connectivity index (χ1n) is 5.98. The largest absolute Gasteiger partial charge is 0.507 e. The summed E-state index contributed by atoms with van der Waals surface area (Å²) in [5.41, 5.74) is 0.226. The molecule has 1 aromatic rings. The van der Waals surface area contributed by atoms with Gasteiger partial charge in [0.15, 0.2) is 0 Å². The number of hydrogen-bond donors (Lipinski definition) is 2. The van der Waals surface area contributed by atoms with Crippen LogP contribution in [0.4, 0.5) is 0 Å². The monoisotopic (exact) mass is 286 g/mol. The minimum absolute atomic E-state index is 0.113. The van der Waals surface area contributed by atoms with Gasteiger partial charge in [-0.05, 0) is 25.2 Å². The third kappa shape index (κ3) is 5.46. The van der Waals surface area contributed by atoms with E-state index in [1.165, 1.54) is 12.1 Å². The van der Waals surface area contributed by atoms with Crippen molar-refractivity contribution in [1.29, 1.82) is 0 Å². The number of benzene rings is 1. The summed E-state index contributed by atoms with van der Waals surface area (Å²) in [5.74, 6) is -0.424. The first-order chi connectivity index (χ1) is 9.04. The summed E-state index contributed by atoms with van der Waals surface area (Å²) in [6, 6.07) is 4.42. The lowest BCUT2D eigenvalue weighted by Crippen LogP contribution is -2.34. The maximum atomic E-state index is 11.8. The first-order valence-corrected chi connectivity index (χ1v) is 6.36. The molecule has 6 heteroatoms. The van der Waals surface area contributed by atoms with Gasteiger partial charge in [0.05, 0.1) is 12.2 Å². The molecule has 0 atom stereocenters. The third-order valence-electron chi connectivity index (χ3n) is 2.66. The summed E-state index contributed by atoms with van der Waals surface area (Å²) in [4.78, 5) is 13.9. The zero-order chi connectivity index (χ0) is 14.3. The molecule has 0 unspecified atom stereocenters. The second-order valence-corrected chi connectivity index (χ2v) is 4.65. The van der Waals surface area contributed by atoms with E-state index in [4.69, 9.17) is 16.3 Å². The highest BCUT2D eigenvalue weighted by Gasteiger charge is 2.10. The number of phenols is 1. The Labute approximate surface area is 118 Å². The number of rotatable bonds is 7. The van der Waals surface area contributed by atoms with Gasteiger partial charge in [-0.1, -0.05) is 11.6 Å². The van der Waals surface area contributed by atoms with Crippen molar-refractivity contribution in [3.8, 4) is 5.75 Å². The molecule has 0 fully saturated rings. The maximum absolute atomic E-state index is 11.8. The molecule has 0 heterocycles. The number of amides is 1. The fourth-order valence-corrected chi connectivity index (χ4v) is 1.68. The van der Waals surface area contributed by atoms with Gasteiger partial charge >= 0.3 is 0 Å². The molecule has 0 aromatic heterocycles. The van der Waals surface area contributed by atoms with Gasteiger partial charge in [-0.15, -0.1) is 0 Å². The molecule has 0 aliphatic heterocycles. The number of hydrogen-bond acceptors (Lipinski definition) is 4. The first kappa shape index (κ1) is 15.8. The van der Waals surface area contributed by atoms with Crippen LogP contribution in [-0.2, 0) is 4.74 Å². The number of ether oxygens (including phenoxy) is 1. The molecule has 0 spiro atoms. The smallest absolute Gasteiger partial charge is 0.255 e. The van der Waals surface area contributed by atoms with Crippen LogP contribution in [0, 0.1) is 0 Å². The molecule has 0 bridgehead atoms. The average Bonchev–Trinajstić information content (AvgIpc) is 2.36. The van der Waals surface area contributed by atoms with Crippen molar-refractivity contribution < 1.29 is 14.6 Å². The van der Waals surface area contributed by atoms with Crippen molar-refractivity contribution in [2.75, 3.05) is 40.4 Å². The van der Waals surface area contributed by atoms with E-state index in [2.05, 4.69) is 5.32 Å². The number of carbonyl (C=O) groups excluding carboxylic acids is 1. The number of phenolic OH excluding ortho intramolecular Hbond substituents is 1. The van der Waals surface area contributed by atoms with Crippen LogP contribution in [-0.4, -0.2) is 56.3 Å². The van der Waals surface area contributed by atoms with Gasteiger partial charge in [0.25, 0.3) is 5.91 Å². The summed E-state index contributed by atoms with van der Waals surface area (Å²) in [5, 5.41) is 12.8. The summed E-state index contributed by atoms with van der Waals surface area (Å²) in [6.45, 7) is 2.67. The second kappa shape index (κ2) is 7.99. The Balaban J connectivity index is 2.39. The lowest BCUT2D eigenvalue weighted by molar-refractivity contribution is 0.0945. The van der Waals surface area contributed by atoms with E-state index in [0.717, 1.165) is 6.54 Å². The van der Waals surface area contributed by atoms with Crippen molar-refractivity contribution in [3.05, 3.63) is 28.8 Å².